The molecule has 0 radical (unpaired) electrons. The molecule has 4 aromatic rings. The van der Waals surface area contributed by atoms with E-state index in [2.05, 4.69) is 123 Å². The summed E-state index contributed by atoms with van der Waals surface area (Å²) in [5, 5.41) is 0. The van der Waals surface area contributed by atoms with Crippen molar-refractivity contribution in [1.82, 2.24) is 0 Å². The van der Waals surface area contributed by atoms with Gasteiger partial charge >= 0.3 is 0 Å². The van der Waals surface area contributed by atoms with Gasteiger partial charge in [-0.3, -0.25) is 0 Å². The van der Waals surface area contributed by atoms with Gasteiger partial charge in [-0.15, -0.1) is 26.3 Å². The highest BCUT2D eigenvalue weighted by molar-refractivity contribution is 7.97. The van der Waals surface area contributed by atoms with Crippen LogP contribution >= 0.6 is 23.5 Å². The summed E-state index contributed by atoms with van der Waals surface area (Å²) in [7, 11) is 0. The first-order valence-electron chi connectivity index (χ1n) is 14.5. The van der Waals surface area contributed by atoms with Crippen LogP contribution in [0.5, 0.6) is 0 Å². The van der Waals surface area contributed by atoms with Gasteiger partial charge in [0.15, 0.2) is 0 Å². The van der Waals surface area contributed by atoms with Gasteiger partial charge in [0.05, 0.1) is 0 Å². The molecule has 0 nitrogen and oxygen atoms in total. The van der Waals surface area contributed by atoms with Gasteiger partial charge in [0, 0.05) is 23.0 Å². The third-order valence-corrected chi connectivity index (χ3v) is 8.77. The smallest absolute Gasteiger partial charge is 0.0188 e. The first-order chi connectivity index (χ1) is 20.6. The third-order valence-electron chi connectivity index (χ3n) is 6.62. The third kappa shape index (κ3) is 12.6. The van der Waals surface area contributed by atoms with Gasteiger partial charge in [-0.2, -0.15) is 23.5 Å². The van der Waals surface area contributed by atoms with E-state index in [4.69, 9.17) is 0 Å². The van der Waals surface area contributed by atoms with Crippen molar-refractivity contribution in [3.63, 3.8) is 0 Å². The number of hydrogen-bond donors (Lipinski definition) is 0. The van der Waals surface area contributed by atoms with Gasteiger partial charge in [-0.05, 0) is 70.2 Å². The average molecular weight is 589 g/mol. The Morgan fingerprint density at radius 3 is 1.00 bits per heavy atom. The van der Waals surface area contributed by atoms with E-state index in [9.17, 15) is 0 Å². The van der Waals surface area contributed by atoms with E-state index in [0.29, 0.717) is 0 Å². The quantitative estimate of drug-likeness (QED) is 0.119. The summed E-state index contributed by atoms with van der Waals surface area (Å²) in [5.74, 6) is 4.22. The molecule has 0 aliphatic carbocycles. The Bertz CT molecular complexity index is 1270. The highest BCUT2D eigenvalue weighted by Crippen LogP contribution is 2.21. The molecule has 2 heteroatoms. The molecule has 0 atom stereocenters. The molecule has 0 spiro atoms. The summed E-state index contributed by atoms with van der Waals surface area (Å²) in [6.45, 7) is 15.1. The lowest BCUT2D eigenvalue weighted by molar-refractivity contribution is 1.23. The fraction of sp³-hybridized carbons (Fsp3) is 0.200. The fourth-order valence-corrected chi connectivity index (χ4v) is 6.37. The molecule has 0 saturated carbocycles. The standard InChI is InChI=1S/2C20H22S/c1-3-7-17-9-5-11-19(13-17)15-21-16-20-12-6-10-18(14-20)8-4-2;1-3-5-17-7-11-19(12-8-17)15-21-16-20-13-9-18(6-4-2)10-14-20/h3-6,9-14H,1-2,7-8,15-16H2;3-4,7-14H,1-2,5-6,15-16H2. The van der Waals surface area contributed by atoms with E-state index >= 15 is 0 Å². The Kier molecular flexibility index (Phi) is 15.4. The highest BCUT2D eigenvalue weighted by atomic mass is 32.2. The minimum atomic E-state index is 0.947. The van der Waals surface area contributed by atoms with Crippen molar-refractivity contribution in [2.24, 2.45) is 0 Å². The van der Waals surface area contributed by atoms with Crippen molar-refractivity contribution in [3.8, 4) is 0 Å². The summed E-state index contributed by atoms with van der Waals surface area (Å²) in [5.41, 5.74) is 10.9. The molecular weight excluding hydrogens is 545 g/mol. The Balaban J connectivity index is 0.000000230. The van der Waals surface area contributed by atoms with E-state index < -0.39 is 0 Å². The molecule has 0 aromatic heterocycles. The predicted molar refractivity (Wildman–Crippen MR) is 191 cm³/mol. The van der Waals surface area contributed by atoms with Gasteiger partial charge in [0.25, 0.3) is 0 Å². The molecule has 0 amide bonds. The van der Waals surface area contributed by atoms with E-state index in [1.807, 2.05) is 47.8 Å². The highest BCUT2D eigenvalue weighted by Gasteiger charge is 2.00. The summed E-state index contributed by atoms with van der Waals surface area (Å²) in [4.78, 5) is 0. The lowest BCUT2D eigenvalue weighted by Gasteiger charge is -2.06. The van der Waals surface area contributed by atoms with Crippen molar-refractivity contribution in [1.29, 1.82) is 0 Å². The second-order valence-electron chi connectivity index (χ2n) is 10.2. The zero-order valence-corrected chi connectivity index (χ0v) is 26.5. The Labute approximate surface area is 263 Å². The number of rotatable bonds is 16. The largest absolute Gasteiger partial charge is 0.152 e. The number of thioether (sulfide) groups is 2. The van der Waals surface area contributed by atoms with E-state index in [1.54, 1.807) is 0 Å². The van der Waals surface area contributed by atoms with Crippen molar-refractivity contribution in [3.05, 3.63) is 192 Å². The molecule has 0 aliphatic heterocycles. The van der Waals surface area contributed by atoms with Crippen LogP contribution in [0.15, 0.2) is 148 Å². The van der Waals surface area contributed by atoms with Crippen molar-refractivity contribution in [2.75, 3.05) is 0 Å². The molecule has 216 valence electrons. The van der Waals surface area contributed by atoms with Crippen molar-refractivity contribution in [2.45, 2.75) is 48.7 Å². The summed E-state index contributed by atoms with van der Waals surface area (Å²) in [6.07, 6.45) is 11.6. The summed E-state index contributed by atoms with van der Waals surface area (Å²) < 4.78 is 0. The minimum absolute atomic E-state index is 0.947. The molecule has 4 aromatic carbocycles. The maximum Gasteiger partial charge on any atom is 0.0188 e. The van der Waals surface area contributed by atoms with Crippen molar-refractivity contribution >= 4 is 23.5 Å². The van der Waals surface area contributed by atoms with Gasteiger partial charge < -0.3 is 0 Å². The van der Waals surface area contributed by atoms with Gasteiger partial charge in [0.2, 0.25) is 0 Å². The van der Waals surface area contributed by atoms with Crippen LogP contribution in [0, 0.1) is 0 Å². The molecule has 0 saturated heterocycles. The van der Waals surface area contributed by atoms with Gasteiger partial charge in [-0.25, -0.2) is 0 Å². The minimum Gasteiger partial charge on any atom is -0.152 e. The molecular formula is C40H44S2. The normalized spacial score (nSPS) is 10.3. The van der Waals surface area contributed by atoms with Crippen LogP contribution < -0.4 is 0 Å². The monoisotopic (exact) mass is 588 g/mol. The second-order valence-corrected chi connectivity index (χ2v) is 12.2. The molecule has 0 N–H and O–H groups in total. The fourth-order valence-electron chi connectivity index (χ4n) is 4.48. The molecule has 0 aliphatic rings. The molecule has 4 rings (SSSR count). The van der Waals surface area contributed by atoms with E-state index in [-0.39, 0.29) is 0 Å². The molecule has 42 heavy (non-hydrogen) atoms. The van der Waals surface area contributed by atoms with Crippen LogP contribution in [-0.4, -0.2) is 0 Å². The van der Waals surface area contributed by atoms with Crippen LogP contribution in [0.4, 0.5) is 0 Å². The first kappa shape index (κ1) is 33.0. The molecule has 0 bridgehead atoms. The Morgan fingerprint density at radius 2 is 0.643 bits per heavy atom. The van der Waals surface area contributed by atoms with Gasteiger partial charge in [0.1, 0.15) is 0 Å². The summed E-state index contributed by atoms with van der Waals surface area (Å²) in [6, 6.07) is 35.2. The lowest BCUT2D eigenvalue weighted by atomic mass is 10.1. The SMILES string of the molecule is C=CCc1ccc(CSCc2ccc(CC=C)cc2)cc1.C=CCc1cccc(CSCc2cccc(CC=C)c2)c1. The molecule has 0 heterocycles. The maximum atomic E-state index is 3.80. The predicted octanol–water partition coefficient (Wildman–Crippen LogP) is 11.2. The van der Waals surface area contributed by atoms with Gasteiger partial charge in [-0.1, -0.05) is 121 Å². The zero-order valence-electron chi connectivity index (χ0n) is 24.8. The average Bonchev–Trinajstić information content (AvgIpc) is 3.00. The van der Waals surface area contributed by atoms with Crippen LogP contribution in [0.1, 0.15) is 44.5 Å². The topological polar surface area (TPSA) is 0 Å². The molecule has 0 fully saturated rings. The number of hydrogen-bond acceptors (Lipinski definition) is 2. The summed E-state index contributed by atoms with van der Waals surface area (Å²) >= 11 is 3.92. The van der Waals surface area contributed by atoms with Crippen LogP contribution in [0.25, 0.3) is 0 Å². The second kappa shape index (κ2) is 19.6. The molecule has 0 unspecified atom stereocenters. The maximum absolute atomic E-state index is 3.80. The Morgan fingerprint density at radius 1 is 0.357 bits per heavy atom. The Hall–Kier alpha value is -3.46. The first-order valence-corrected chi connectivity index (χ1v) is 16.8. The van der Waals surface area contributed by atoms with E-state index in [1.165, 1.54) is 44.5 Å². The van der Waals surface area contributed by atoms with Crippen LogP contribution in [-0.2, 0) is 48.7 Å². The van der Waals surface area contributed by atoms with Crippen molar-refractivity contribution < 1.29 is 0 Å². The van der Waals surface area contributed by atoms with Crippen LogP contribution in [0.3, 0.4) is 0 Å². The zero-order chi connectivity index (χ0) is 29.8. The number of benzene rings is 4. The van der Waals surface area contributed by atoms with E-state index in [0.717, 1.165) is 48.7 Å². The number of allylic oxidation sites excluding steroid dienone is 4. The lowest BCUT2D eigenvalue weighted by Crippen LogP contribution is -1.88. The van der Waals surface area contributed by atoms with Crippen LogP contribution in [0.2, 0.25) is 0 Å².